The minimum atomic E-state index is 0.0263. The first kappa shape index (κ1) is 23.4. The van der Waals surface area contributed by atoms with Crippen molar-refractivity contribution >= 4 is 5.91 Å². The van der Waals surface area contributed by atoms with Crippen LogP contribution in [0.2, 0.25) is 0 Å². The van der Waals surface area contributed by atoms with Crippen LogP contribution in [0.15, 0.2) is 48.6 Å². The summed E-state index contributed by atoms with van der Waals surface area (Å²) in [7, 11) is 3.14. The number of carbonyl (C=O) groups excluding carboxylic acids is 1. The van der Waals surface area contributed by atoms with E-state index < -0.39 is 0 Å². The molecule has 0 spiro atoms. The molecular weight excluding hydrogens is 310 g/mol. The minimum absolute atomic E-state index is 0.0263. The van der Waals surface area contributed by atoms with Gasteiger partial charge < -0.3 is 0 Å². The van der Waals surface area contributed by atoms with Crippen LogP contribution in [0.1, 0.15) is 71.1 Å². The normalized spacial score (nSPS) is 12.3. The molecule has 0 bridgehead atoms. The van der Waals surface area contributed by atoms with E-state index in [0.29, 0.717) is 6.42 Å². The Balaban J connectivity index is 3.50. The molecule has 0 fully saturated rings. The molecule has 0 aliphatic heterocycles. The Morgan fingerprint density at radius 1 is 0.800 bits per heavy atom. The molecule has 3 heteroatoms. The molecule has 0 atom stereocenters. The minimum Gasteiger partial charge on any atom is -0.275 e. The first-order valence-electron chi connectivity index (χ1n) is 9.63. The molecule has 25 heavy (non-hydrogen) atoms. The average Bonchev–Trinajstić information content (AvgIpc) is 2.63. The van der Waals surface area contributed by atoms with E-state index in [4.69, 9.17) is 4.84 Å². The molecule has 142 valence electrons. The number of hydrogen-bond donors (Lipinski definition) is 0. The molecule has 0 aliphatic rings. The van der Waals surface area contributed by atoms with E-state index in [0.717, 1.165) is 32.1 Å². The van der Waals surface area contributed by atoms with Gasteiger partial charge in [0, 0.05) is 13.5 Å². The van der Waals surface area contributed by atoms with Gasteiger partial charge in [-0.2, -0.15) is 0 Å². The molecule has 0 saturated heterocycles. The summed E-state index contributed by atoms with van der Waals surface area (Å²) in [5.74, 6) is 0.0263. The van der Waals surface area contributed by atoms with Gasteiger partial charge in [0.05, 0.1) is 7.11 Å². The third-order valence-electron chi connectivity index (χ3n) is 3.84. The molecule has 3 nitrogen and oxygen atoms in total. The Morgan fingerprint density at radius 2 is 1.28 bits per heavy atom. The maximum Gasteiger partial charge on any atom is 0.245 e. The standard InChI is InChI=1S/C22H37NO2/c1-4-5-6-7-8-9-10-11-12-13-14-15-16-17-18-19-20-21-22(24)23(2)25-3/h8-9,11-12,14-15,17-18H,4-7,10,13,16,19-21H2,1-3H3/b9-8-,12-11-,15-14-,18-17-. The number of hydrogen-bond acceptors (Lipinski definition) is 2. The maximum absolute atomic E-state index is 11.5. The predicted octanol–water partition coefficient (Wildman–Crippen LogP) is 6.15. The molecule has 0 N–H and O–H groups in total. The van der Waals surface area contributed by atoms with E-state index >= 15 is 0 Å². The number of rotatable bonds is 15. The van der Waals surface area contributed by atoms with Crippen LogP contribution in [0.25, 0.3) is 0 Å². The first-order valence-corrected chi connectivity index (χ1v) is 9.63. The van der Waals surface area contributed by atoms with Crippen molar-refractivity contribution in [2.24, 2.45) is 0 Å². The van der Waals surface area contributed by atoms with E-state index in [-0.39, 0.29) is 5.91 Å². The SMILES string of the molecule is CCCCC/C=C\C/C=C\C/C=C\C/C=C\CCCC(=O)N(C)OC. The fourth-order valence-electron chi connectivity index (χ4n) is 2.19. The molecule has 0 saturated carbocycles. The molecule has 0 aliphatic carbocycles. The van der Waals surface area contributed by atoms with Gasteiger partial charge in [-0.3, -0.25) is 9.63 Å². The van der Waals surface area contributed by atoms with Crippen molar-refractivity contribution in [2.75, 3.05) is 14.2 Å². The summed E-state index contributed by atoms with van der Waals surface area (Å²) in [5, 5.41) is 1.28. The van der Waals surface area contributed by atoms with Crippen LogP contribution in [0.4, 0.5) is 0 Å². The van der Waals surface area contributed by atoms with Crippen molar-refractivity contribution in [2.45, 2.75) is 71.1 Å². The van der Waals surface area contributed by atoms with Crippen LogP contribution in [0.5, 0.6) is 0 Å². The summed E-state index contributed by atoms with van der Waals surface area (Å²) < 4.78 is 0. The summed E-state index contributed by atoms with van der Waals surface area (Å²) in [4.78, 5) is 16.3. The highest BCUT2D eigenvalue weighted by molar-refractivity contribution is 5.74. The molecule has 0 heterocycles. The molecule has 0 unspecified atom stereocenters. The first-order chi connectivity index (χ1) is 12.2. The van der Waals surface area contributed by atoms with Gasteiger partial charge >= 0.3 is 0 Å². The number of amides is 1. The van der Waals surface area contributed by atoms with Gasteiger partial charge in [0.2, 0.25) is 5.91 Å². The summed E-state index contributed by atoms with van der Waals surface area (Å²) in [6.07, 6.45) is 28.1. The molecule has 0 radical (unpaired) electrons. The van der Waals surface area contributed by atoms with E-state index in [1.54, 1.807) is 7.05 Å². The Bertz CT molecular complexity index is 422. The average molecular weight is 348 g/mol. The maximum atomic E-state index is 11.5. The quantitative estimate of drug-likeness (QED) is 0.202. The van der Waals surface area contributed by atoms with Crippen LogP contribution >= 0.6 is 0 Å². The fraction of sp³-hybridized carbons (Fsp3) is 0.591. The number of nitrogens with zero attached hydrogens (tertiary/aromatic N) is 1. The van der Waals surface area contributed by atoms with Gasteiger partial charge in [0.15, 0.2) is 0 Å². The van der Waals surface area contributed by atoms with Crippen LogP contribution < -0.4 is 0 Å². The molecular formula is C22H37NO2. The molecule has 0 aromatic heterocycles. The van der Waals surface area contributed by atoms with Crippen LogP contribution in [0, 0.1) is 0 Å². The van der Waals surface area contributed by atoms with Gasteiger partial charge in [-0.05, 0) is 44.9 Å². The molecule has 0 aromatic rings. The monoisotopic (exact) mass is 347 g/mol. The zero-order valence-corrected chi connectivity index (χ0v) is 16.5. The highest BCUT2D eigenvalue weighted by atomic mass is 16.7. The zero-order valence-electron chi connectivity index (χ0n) is 16.5. The van der Waals surface area contributed by atoms with E-state index in [1.165, 1.54) is 37.9 Å². The lowest BCUT2D eigenvalue weighted by Gasteiger charge is -2.12. The van der Waals surface area contributed by atoms with E-state index in [2.05, 4.69) is 55.5 Å². The van der Waals surface area contributed by atoms with Crippen molar-refractivity contribution in [3.05, 3.63) is 48.6 Å². The van der Waals surface area contributed by atoms with Crippen molar-refractivity contribution in [3.8, 4) is 0 Å². The topological polar surface area (TPSA) is 29.5 Å². The number of carbonyl (C=O) groups is 1. The number of hydroxylamine groups is 2. The fourth-order valence-corrected chi connectivity index (χ4v) is 2.19. The molecule has 0 aromatic carbocycles. The Hall–Kier alpha value is -1.61. The summed E-state index contributed by atoms with van der Waals surface area (Å²) >= 11 is 0. The summed E-state index contributed by atoms with van der Waals surface area (Å²) in [6, 6.07) is 0. The van der Waals surface area contributed by atoms with Crippen LogP contribution in [-0.4, -0.2) is 25.1 Å². The lowest BCUT2D eigenvalue weighted by Crippen LogP contribution is -2.24. The smallest absolute Gasteiger partial charge is 0.245 e. The number of unbranched alkanes of at least 4 members (excludes halogenated alkanes) is 4. The largest absolute Gasteiger partial charge is 0.275 e. The van der Waals surface area contributed by atoms with Crippen molar-refractivity contribution < 1.29 is 9.63 Å². The van der Waals surface area contributed by atoms with Gasteiger partial charge in [-0.25, -0.2) is 5.06 Å². The Labute approximate surface area is 155 Å². The van der Waals surface area contributed by atoms with Crippen molar-refractivity contribution in [1.29, 1.82) is 0 Å². The van der Waals surface area contributed by atoms with E-state index in [1.807, 2.05) is 0 Å². The second-order valence-electron chi connectivity index (χ2n) is 6.05. The summed E-state index contributed by atoms with van der Waals surface area (Å²) in [6.45, 7) is 2.24. The lowest BCUT2D eigenvalue weighted by molar-refractivity contribution is -0.168. The second kappa shape index (κ2) is 18.7. The molecule has 1 amide bonds. The third kappa shape index (κ3) is 17.0. The third-order valence-corrected chi connectivity index (χ3v) is 3.84. The van der Waals surface area contributed by atoms with Gasteiger partial charge in [-0.1, -0.05) is 68.4 Å². The van der Waals surface area contributed by atoms with Crippen molar-refractivity contribution in [3.63, 3.8) is 0 Å². The Kier molecular flexibility index (Phi) is 17.5. The number of allylic oxidation sites excluding steroid dienone is 8. The highest BCUT2D eigenvalue weighted by Crippen LogP contribution is 2.02. The van der Waals surface area contributed by atoms with E-state index in [9.17, 15) is 4.79 Å². The summed E-state index contributed by atoms with van der Waals surface area (Å²) in [5.41, 5.74) is 0. The molecule has 0 rings (SSSR count). The van der Waals surface area contributed by atoms with Crippen LogP contribution in [-0.2, 0) is 9.63 Å². The Morgan fingerprint density at radius 3 is 1.76 bits per heavy atom. The van der Waals surface area contributed by atoms with Crippen LogP contribution in [0.3, 0.4) is 0 Å². The van der Waals surface area contributed by atoms with Crippen molar-refractivity contribution in [1.82, 2.24) is 5.06 Å². The van der Waals surface area contributed by atoms with Gasteiger partial charge in [0.25, 0.3) is 0 Å². The van der Waals surface area contributed by atoms with Gasteiger partial charge in [-0.15, -0.1) is 0 Å². The highest BCUT2D eigenvalue weighted by Gasteiger charge is 2.05. The van der Waals surface area contributed by atoms with Gasteiger partial charge in [0.1, 0.15) is 0 Å². The predicted molar refractivity (Wildman–Crippen MR) is 108 cm³/mol. The lowest BCUT2D eigenvalue weighted by atomic mass is 10.2. The second-order valence-corrected chi connectivity index (χ2v) is 6.05. The zero-order chi connectivity index (χ0) is 18.6.